The molecule has 0 aliphatic rings. The molecular weight excluding hydrogens is 457 g/mol. The van der Waals surface area contributed by atoms with Crippen molar-refractivity contribution in [2.75, 3.05) is 11.1 Å². The summed E-state index contributed by atoms with van der Waals surface area (Å²) in [7, 11) is 0. The maximum atomic E-state index is 13.3. The minimum atomic E-state index is -4.47. The van der Waals surface area contributed by atoms with Crippen LogP contribution in [0.1, 0.15) is 11.1 Å². The number of aryl methyl sites for hydroxylation is 1. The Balaban J connectivity index is 1.69. The van der Waals surface area contributed by atoms with Crippen molar-refractivity contribution in [3.63, 3.8) is 0 Å². The van der Waals surface area contributed by atoms with Crippen LogP contribution in [0.5, 0.6) is 0 Å². The zero-order valence-corrected chi connectivity index (χ0v) is 18.4. The predicted molar refractivity (Wildman–Crippen MR) is 120 cm³/mol. The number of hydrogen-bond acceptors (Lipinski definition) is 5. The minimum Gasteiger partial charge on any atom is -0.301 e. The van der Waals surface area contributed by atoms with Gasteiger partial charge in [0, 0.05) is 22.8 Å². The lowest BCUT2D eigenvalue weighted by molar-refractivity contribution is -0.137. The number of benzene rings is 2. The van der Waals surface area contributed by atoms with E-state index >= 15 is 0 Å². The normalized spacial score (nSPS) is 11.5. The molecule has 0 aliphatic heterocycles. The fourth-order valence-electron chi connectivity index (χ4n) is 3.01. The molecule has 0 saturated heterocycles. The summed E-state index contributed by atoms with van der Waals surface area (Å²) in [6, 6.07) is 12.7. The third-order valence-corrected chi connectivity index (χ3v) is 6.16. The van der Waals surface area contributed by atoms with Gasteiger partial charge in [-0.3, -0.25) is 9.36 Å². The summed E-state index contributed by atoms with van der Waals surface area (Å²) < 4.78 is 41.6. The first kappa shape index (κ1) is 22.1. The summed E-state index contributed by atoms with van der Waals surface area (Å²) in [5, 5.41) is 5.33. The molecule has 2 heterocycles. The SMILES string of the molecule is Cc1ccc(-c2cnc(SCC(=O)Nc3nccs3)n2-c2cccc(C(F)(F)F)c2)cc1. The molecule has 10 heteroatoms. The Bertz CT molecular complexity index is 1220. The molecule has 0 aliphatic carbocycles. The van der Waals surface area contributed by atoms with Gasteiger partial charge in [-0.1, -0.05) is 47.7 Å². The molecule has 1 amide bonds. The van der Waals surface area contributed by atoms with Crippen LogP contribution < -0.4 is 5.32 Å². The first-order chi connectivity index (χ1) is 15.3. The Labute approximate surface area is 190 Å². The van der Waals surface area contributed by atoms with Crippen LogP contribution in [0, 0.1) is 6.92 Å². The smallest absolute Gasteiger partial charge is 0.301 e. The van der Waals surface area contributed by atoms with E-state index in [1.54, 1.807) is 28.4 Å². The number of hydrogen-bond donors (Lipinski definition) is 1. The lowest BCUT2D eigenvalue weighted by atomic mass is 10.1. The number of nitrogens with zero attached hydrogens (tertiary/aromatic N) is 3. The van der Waals surface area contributed by atoms with Crippen LogP contribution in [0.2, 0.25) is 0 Å². The highest BCUT2D eigenvalue weighted by Gasteiger charge is 2.31. The number of amides is 1. The molecule has 4 rings (SSSR count). The monoisotopic (exact) mass is 474 g/mol. The molecule has 5 nitrogen and oxygen atoms in total. The van der Waals surface area contributed by atoms with E-state index in [1.165, 1.54) is 17.4 Å². The molecule has 1 N–H and O–H groups in total. The number of rotatable bonds is 6. The lowest BCUT2D eigenvalue weighted by Crippen LogP contribution is -2.14. The average Bonchev–Trinajstić information content (AvgIpc) is 3.42. The van der Waals surface area contributed by atoms with Crippen LogP contribution in [0.15, 0.2) is 71.5 Å². The fourth-order valence-corrected chi connectivity index (χ4v) is 4.34. The number of aromatic nitrogens is 3. The van der Waals surface area contributed by atoms with Crippen LogP contribution in [0.25, 0.3) is 16.9 Å². The van der Waals surface area contributed by atoms with E-state index in [0.29, 0.717) is 21.7 Å². The molecule has 32 heavy (non-hydrogen) atoms. The maximum Gasteiger partial charge on any atom is 0.416 e. The summed E-state index contributed by atoms with van der Waals surface area (Å²) in [6.45, 7) is 1.95. The summed E-state index contributed by atoms with van der Waals surface area (Å²) in [5.74, 6) is -0.247. The summed E-state index contributed by atoms with van der Waals surface area (Å²) >= 11 is 2.44. The molecule has 0 unspecified atom stereocenters. The first-order valence-corrected chi connectivity index (χ1v) is 11.3. The largest absolute Gasteiger partial charge is 0.416 e. The number of thioether (sulfide) groups is 1. The molecule has 164 valence electrons. The van der Waals surface area contributed by atoms with Crippen molar-refractivity contribution in [3.8, 4) is 16.9 Å². The van der Waals surface area contributed by atoms with Crippen LogP contribution in [0.4, 0.5) is 18.3 Å². The molecule has 0 saturated carbocycles. The van der Waals surface area contributed by atoms with E-state index in [9.17, 15) is 18.0 Å². The highest BCUT2D eigenvalue weighted by molar-refractivity contribution is 7.99. The van der Waals surface area contributed by atoms with Gasteiger partial charge in [0.2, 0.25) is 5.91 Å². The number of nitrogens with one attached hydrogen (secondary N) is 1. The van der Waals surface area contributed by atoms with Crippen LogP contribution in [0.3, 0.4) is 0 Å². The second kappa shape index (κ2) is 9.17. The molecule has 2 aromatic carbocycles. The van der Waals surface area contributed by atoms with E-state index in [1.807, 2.05) is 31.2 Å². The molecule has 4 aromatic rings. The van der Waals surface area contributed by atoms with Gasteiger partial charge in [0.05, 0.1) is 23.2 Å². The van der Waals surface area contributed by atoms with Crippen molar-refractivity contribution in [2.24, 2.45) is 0 Å². The Morgan fingerprint density at radius 1 is 1.16 bits per heavy atom. The van der Waals surface area contributed by atoms with Gasteiger partial charge in [-0.05, 0) is 25.1 Å². The molecular formula is C22H17F3N4OS2. The topological polar surface area (TPSA) is 59.8 Å². The van der Waals surface area contributed by atoms with Crippen molar-refractivity contribution in [1.29, 1.82) is 0 Å². The second-order valence-electron chi connectivity index (χ2n) is 6.85. The standard InChI is InChI=1S/C22H17F3N4OS2/c1-14-5-7-15(8-6-14)18-12-27-21(32-13-19(30)28-20-26-9-10-31-20)29(18)17-4-2-3-16(11-17)22(23,24)25/h2-12H,13H2,1H3,(H,26,28,30). The van der Waals surface area contributed by atoms with Crippen molar-refractivity contribution in [2.45, 2.75) is 18.3 Å². The van der Waals surface area contributed by atoms with Gasteiger partial charge < -0.3 is 5.32 Å². The maximum absolute atomic E-state index is 13.3. The van der Waals surface area contributed by atoms with Gasteiger partial charge >= 0.3 is 6.18 Å². The molecule has 0 atom stereocenters. The number of halogens is 3. The number of anilines is 1. The quantitative estimate of drug-likeness (QED) is 0.346. The van der Waals surface area contributed by atoms with Crippen molar-refractivity contribution in [1.82, 2.24) is 14.5 Å². The van der Waals surface area contributed by atoms with E-state index < -0.39 is 11.7 Å². The highest BCUT2D eigenvalue weighted by Crippen LogP contribution is 2.34. The van der Waals surface area contributed by atoms with Gasteiger partial charge in [0.15, 0.2) is 10.3 Å². The predicted octanol–water partition coefficient (Wildman–Crippen LogP) is 6.05. The number of carbonyl (C=O) groups is 1. The Hall–Kier alpha value is -3.11. The van der Waals surface area contributed by atoms with Gasteiger partial charge in [-0.2, -0.15) is 13.2 Å². The number of alkyl halides is 3. The third kappa shape index (κ3) is 5.03. The Morgan fingerprint density at radius 3 is 2.62 bits per heavy atom. The first-order valence-electron chi connectivity index (χ1n) is 9.46. The summed E-state index contributed by atoms with van der Waals surface area (Å²) in [5.41, 5.74) is 2.06. The van der Waals surface area contributed by atoms with Crippen molar-refractivity contribution >= 4 is 34.1 Å². The molecule has 0 spiro atoms. The van der Waals surface area contributed by atoms with Crippen molar-refractivity contribution in [3.05, 3.63) is 77.4 Å². The fraction of sp³-hybridized carbons (Fsp3) is 0.136. The average molecular weight is 475 g/mol. The zero-order chi connectivity index (χ0) is 22.7. The molecule has 2 aromatic heterocycles. The van der Waals surface area contributed by atoms with Crippen LogP contribution in [-0.4, -0.2) is 26.2 Å². The Kier molecular flexibility index (Phi) is 6.33. The van der Waals surface area contributed by atoms with Gasteiger partial charge in [0.1, 0.15) is 0 Å². The third-order valence-electron chi connectivity index (χ3n) is 4.52. The number of carbonyl (C=O) groups excluding carboxylic acids is 1. The Morgan fingerprint density at radius 2 is 1.94 bits per heavy atom. The van der Waals surface area contributed by atoms with Gasteiger partial charge in [-0.15, -0.1) is 11.3 Å². The van der Waals surface area contributed by atoms with Crippen molar-refractivity contribution < 1.29 is 18.0 Å². The number of imidazole rings is 1. The summed E-state index contributed by atoms with van der Waals surface area (Å²) in [6.07, 6.45) is -1.28. The number of thiazole rings is 1. The van der Waals surface area contributed by atoms with Crippen LogP contribution >= 0.6 is 23.1 Å². The van der Waals surface area contributed by atoms with E-state index in [0.717, 1.165) is 35.0 Å². The molecule has 0 bridgehead atoms. The minimum absolute atomic E-state index is 0.0306. The zero-order valence-electron chi connectivity index (χ0n) is 16.8. The van der Waals surface area contributed by atoms with E-state index in [-0.39, 0.29) is 11.7 Å². The lowest BCUT2D eigenvalue weighted by Gasteiger charge is -2.14. The van der Waals surface area contributed by atoms with E-state index in [4.69, 9.17) is 0 Å². The molecule has 0 fully saturated rings. The van der Waals surface area contributed by atoms with Gasteiger partial charge in [-0.25, -0.2) is 9.97 Å². The summed E-state index contributed by atoms with van der Waals surface area (Å²) in [4.78, 5) is 20.7. The van der Waals surface area contributed by atoms with E-state index in [2.05, 4.69) is 15.3 Å². The highest BCUT2D eigenvalue weighted by atomic mass is 32.2. The second-order valence-corrected chi connectivity index (χ2v) is 8.69. The van der Waals surface area contributed by atoms with Gasteiger partial charge in [0.25, 0.3) is 0 Å². The molecule has 0 radical (unpaired) electrons. The van der Waals surface area contributed by atoms with Crippen LogP contribution in [-0.2, 0) is 11.0 Å².